The van der Waals surface area contributed by atoms with Gasteiger partial charge in [0.15, 0.2) is 18.1 Å². The van der Waals surface area contributed by atoms with Gasteiger partial charge in [0.25, 0.3) is 5.91 Å². The average molecular weight is 437 g/mol. The number of hydrogen-bond donors (Lipinski definition) is 1. The third kappa shape index (κ3) is 7.18. The number of halogens is 2. The molecular weight excluding hydrogens is 416 g/mol. The highest BCUT2D eigenvalue weighted by atomic mass is 19.3. The number of hydrogen-bond acceptors (Lipinski definition) is 7. The highest BCUT2D eigenvalue weighted by molar-refractivity contribution is 5.94. The Hall–Kier alpha value is -3.82. The second-order valence-electron chi connectivity index (χ2n) is 5.84. The minimum Gasteiger partial charge on any atom is -0.496 e. The number of nitrogens with one attached hydrogen (secondary N) is 1. The number of carbonyl (C=O) groups excluding carboxylic acids is 2. The summed E-state index contributed by atoms with van der Waals surface area (Å²) in [5, 5.41) is 2.46. The molecule has 0 bridgehead atoms. The maximum atomic E-state index is 12.1. The Morgan fingerprint density at radius 2 is 1.58 bits per heavy atom. The van der Waals surface area contributed by atoms with E-state index in [0.29, 0.717) is 28.5 Å². The van der Waals surface area contributed by atoms with Gasteiger partial charge in [0.1, 0.15) is 11.5 Å². The third-order valence-electron chi connectivity index (χ3n) is 3.84. The van der Waals surface area contributed by atoms with E-state index in [2.05, 4.69) is 10.1 Å². The largest absolute Gasteiger partial charge is 0.496 e. The molecule has 0 saturated carbocycles. The van der Waals surface area contributed by atoms with E-state index in [-0.39, 0.29) is 5.75 Å². The van der Waals surface area contributed by atoms with Gasteiger partial charge in [0.2, 0.25) is 0 Å². The standard InChI is InChI=1S/C21H21F2NO7/c1-27-16-11-18(29-3)17(28-2)10-13(16)4-9-20(26)30-12-19(25)24-14-5-7-15(8-6-14)31-21(22)23/h4-11,21H,12H2,1-3H3,(H,24,25)/b9-4-. The van der Waals surface area contributed by atoms with Crippen LogP contribution in [0.1, 0.15) is 5.56 Å². The number of esters is 1. The van der Waals surface area contributed by atoms with E-state index >= 15 is 0 Å². The lowest BCUT2D eigenvalue weighted by molar-refractivity contribution is -0.142. The zero-order valence-corrected chi connectivity index (χ0v) is 17.0. The Morgan fingerprint density at radius 3 is 2.16 bits per heavy atom. The van der Waals surface area contributed by atoms with Crippen molar-refractivity contribution in [2.75, 3.05) is 33.3 Å². The van der Waals surface area contributed by atoms with Gasteiger partial charge < -0.3 is 29.0 Å². The number of rotatable bonds is 10. The van der Waals surface area contributed by atoms with Crippen LogP contribution in [0.3, 0.4) is 0 Å². The average Bonchev–Trinajstić information content (AvgIpc) is 2.76. The van der Waals surface area contributed by atoms with Gasteiger partial charge in [-0.25, -0.2) is 4.79 Å². The molecule has 0 heterocycles. The fourth-order valence-electron chi connectivity index (χ4n) is 2.44. The van der Waals surface area contributed by atoms with E-state index in [1.54, 1.807) is 12.1 Å². The van der Waals surface area contributed by atoms with Crippen LogP contribution in [0.4, 0.5) is 14.5 Å². The number of ether oxygens (including phenoxy) is 5. The second kappa shape index (κ2) is 11.4. The van der Waals surface area contributed by atoms with Crippen molar-refractivity contribution >= 4 is 23.6 Å². The highest BCUT2D eigenvalue weighted by Crippen LogP contribution is 2.35. The molecule has 2 aromatic carbocycles. The van der Waals surface area contributed by atoms with Crippen LogP contribution < -0.4 is 24.3 Å². The SMILES string of the molecule is COc1cc(OC)c(OC)cc1/C=C\C(=O)OCC(=O)Nc1ccc(OC(F)F)cc1. The van der Waals surface area contributed by atoms with Crippen molar-refractivity contribution in [1.29, 1.82) is 0 Å². The van der Waals surface area contributed by atoms with Crippen molar-refractivity contribution in [2.45, 2.75) is 6.61 Å². The monoisotopic (exact) mass is 437 g/mol. The van der Waals surface area contributed by atoms with Gasteiger partial charge in [-0.1, -0.05) is 0 Å². The molecule has 8 nitrogen and oxygen atoms in total. The predicted octanol–water partition coefficient (Wildman–Crippen LogP) is 3.51. The van der Waals surface area contributed by atoms with E-state index in [0.717, 1.165) is 6.08 Å². The van der Waals surface area contributed by atoms with Gasteiger partial charge in [-0.05, 0) is 36.4 Å². The molecule has 0 aromatic heterocycles. The number of carbonyl (C=O) groups is 2. The number of methoxy groups -OCH3 is 3. The molecule has 1 N–H and O–H groups in total. The zero-order valence-electron chi connectivity index (χ0n) is 17.0. The molecule has 1 amide bonds. The molecule has 0 aliphatic carbocycles. The Balaban J connectivity index is 1.91. The van der Waals surface area contributed by atoms with Crippen molar-refractivity contribution in [2.24, 2.45) is 0 Å². The number of benzene rings is 2. The van der Waals surface area contributed by atoms with Crippen LogP contribution in [0, 0.1) is 0 Å². The quantitative estimate of drug-likeness (QED) is 0.449. The minimum absolute atomic E-state index is 0.0462. The molecule has 0 unspecified atom stereocenters. The summed E-state index contributed by atoms with van der Waals surface area (Å²) in [5.41, 5.74) is 0.862. The number of alkyl halides is 2. The molecule has 2 rings (SSSR count). The first kappa shape index (κ1) is 23.5. The van der Waals surface area contributed by atoms with Crippen LogP contribution in [-0.2, 0) is 14.3 Å². The first-order valence-corrected chi connectivity index (χ1v) is 8.85. The highest BCUT2D eigenvalue weighted by Gasteiger charge is 2.11. The second-order valence-corrected chi connectivity index (χ2v) is 5.84. The van der Waals surface area contributed by atoms with Crippen molar-refractivity contribution in [3.8, 4) is 23.0 Å². The summed E-state index contributed by atoms with van der Waals surface area (Å²) in [6, 6.07) is 8.52. The smallest absolute Gasteiger partial charge is 0.387 e. The maximum absolute atomic E-state index is 12.1. The van der Waals surface area contributed by atoms with Gasteiger partial charge >= 0.3 is 12.6 Å². The van der Waals surface area contributed by atoms with Gasteiger partial charge in [-0.15, -0.1) is 0 Å². The van der Waals surface area contributed by atoms with Gasteiger partial charge in [0, 0.05) is 23.4 Å². The number of amides is 1. The summed E-state index contributed by atoms with van der Waals surface area (Å²) in [6.07, 6.45) is 2.58. The van der Waals surface area contributed by atoms with E-state index in [1.807, 2.05) is 0 Å². The Bertz CT molecular complexity index is 930. The molecular formula is C21H21F2NO7. The molecule has 0 aliphatic heterocycles. The van der Waals surface area contributed by atoms with Crippen LogP contribution in [-0.4, -0.2) is 46.4 Å². The molecule has 0 saturated heterocycles. The normalized spacial score (nSPS) is 10.6. The van der Waals surface area contributed by atoms with E-state index in [9.17, 15) is 18.4 Å². The minimum atomic E-state index is -2.94. The first-order chi connectivity index (χ1) is 14.9. The van der Waals surface area contributed by atoms with Crippen LogP contribution in [0.15, 0.2) is 42.5 Å². The summed E-state index contributed by atoms with van der Waals surface area (Å²) in [5.74, 6) is -0.0558. The molecule has 0 aliphatic rings. The topological polar surface area (TPSA) is 92.3 Å². The van der Waals surface area contributed by atoms with Crippen LogP contribution in [0.25, 0.3) is 6.08 Å². The summed E-state index contributed by atoms with van der Waals surface area (Å²) in [7, 11) is 4.43. The van der Waals surface area contributed by atoms with E-state index in [4.69, 9.17) is 18.9 Å². The maximum Gasteiger partial charge on any atom is 0.387 e. The van der Waals surface area contributed by atoms with Gasteiger partial charge in [0.05, 0.1) is 21.3 Å². The molecule has 0 radical (unpaired) electrons. The first-order valence-electron chi connectivity index (χ1n) is 8.85. The van der Waals surface area contributed by atoms with Gasteiger partial charge in [-0.3, -0.25) is 4.79 Å². The summed E-state index contributed by atoms with van der Waals surface area (Å²) >= 11 is 0. The zero-order chi connectivity index (χ0) is 22.8. The molecule has 0 atom stereocenters. The molecule has 0 fully saturated rings. The lowest BCUT2D eigenvalue weighted by Gasteiger charge is -2.12. The third-order valence-corrected chi connectivity index (χ3v) is 3.84. The molecule has 10 heteroatoms. The van der Waals surface area contributed by atoms with E-state index < -0.39 is 25.1 Å². The molecule has 31 heavy (non-hydrogen) atoms. The van der Waals surface area contributed by atoms with Crippen molar-refractivity contribution in [1.82, 2.24) is 0 Å². The van der Waals surface area contributed by atoms with Crippen LogP contribution in [0.2, 0.25) is 0 Å². The Labute approximate surface area is 177 Å². The predicted molar refractivity (Wildman–Crippen MR) is 108 cm³/mol. The Morgan fingerprint density at radius 1 is 0.968 bits per heavy atom. The lowest BCUT2D eigenvalue weighted by Crippen LogP contribution is -2.20. The van der Waals surface area contributed by atoms with E-state index in [1.165, 1.54) is 51.7 Å². The molecule has 2 aromatic rings. The summed E-state index contributed by atoms with van der Waals surface area (Å²) in [6.45, 7) is -3.48. The van der Waals surface area contributed by atoms with Crippen LogP contribution in [0.5, 0.6) is 23.0 Å². The molecule has 166 valence electrons. The summed E-state index contributed by atoms with van der Waals surface area (Å²) < 4.78 is 49.0. The Kier molecular flexibility index (Phi) is 8.62. The molecule has 0 spiro atoms. The van der Waals surface area contributed by atoms with Crippen molar-refractivity contribution in [3.63, 3.8) is 0 Å². The van der Waals surface area contributed by atoms with Crippen LogP contribution >= 0.6 is 0 Å². The number of anilines is 1. The fraction of sp³-hybridized carbons (Fsp3) is 0.238. The summed E-state index contributed by atoms with van der Waals surface area (Å²) in [4.78, 5) is 23.8. The van der Waals surface area contributed by atoms with Gasteiger partial charge in [-0.2, -0.15) is 8.78 Å². The van der Waals surface area contributed by atoms with Crippen molar-refractivity contribution in [3.05, 3.63) is 48.0 Å². The fourth-order valence-corrected chi connectivity index (χ4v) is 2.44. The van der Waals surface area contributed by atoms with Crippen molar-refractivity contribution < 1.29 is 42.1 Å². The lowest BCUT2D eigenvalue weighted by atomic mass is 10.1.